The first-order chi connectivity index (χ1) is 6.86. The van der Waals surface area contributed by atoms with Gasteiger partial charge in [-0.1, -0.05) is 6.07 Å². The Bertz CT molecular complexity index is 663. The van der Waals surface area contributed by atoms with E-state index < -0.39 is 0 Å². The Balaban J connectivity index is 2.73. The van der Waals surface area contributed by atoms with Crippen LogP contribution in [0.5, 0.6) is 0 Å². The average molecular weight is 185 g/mol. The Hall–Kier alpha value is -2.03. The second-order valence-electron chi connectivity index (χ2n) is 3.14. The van der Waals surface area contributed by atoms with Crippen molar-refractivity contribution in [2.24, 2.45) is 0 Å². The molecule has 1 aromatic carbocycles. The summed E-state index contributed by atoms with van der Waals surface area (Å²) in [6, 6.07) is 8.72. The van der Waals surface area contributed by atoms with E-state index >= 15 is 0 Å². The zero-order valence-corrected chi connectivity index (χ0v) is 7.28. The van der Waals surface area contributed by atoms with E-state index in [-0.39, 0.29) is 5.43 Å². The summed E-state index contributed by atoms with van der Waals surface area (Å²) in [5.74, 6) is 0. The van der Waals surface area contributed by atoms with Crippen LogP contribution in [-0.2, 0) is 0 Å². The highest BCUT2D eigenvalue weighted by molar-refractivity contribution is 6.01. The van der Waals surface area contributed by atoms with Crippen LogP contribution < -0.4 is 5.43 Å². The topological polar surface area (TPSA) is 46.0 Å². The number of fused-ring (bicyclic) bond motifs is 3. The van der Waals surface area contributed by atoms with Crippen LogP contribution >= 0.6 is 0 Å². The molecule has 0 saturated carbocycles. The van der Waals surface area contributed by atoms with Gasteiger partial charge in [0.05, 0.1) is 10.9 Å². The highest BCUT2D eigenvalue weighted by Gasteiger charge is 2.08. The number of hydrogen-bond donors (Lipinski definition) is 1. The number of aromatic nitrogens is 1. The number of nitrogens with one attached hydrogen (secondary N) is 1. The Morgan fingerprint density at radius 1 is 1.07 bits per heavy atom. The third-order valence-corrected chi connectivity index (χ3v) is 2.28. The van der Waals surface area contributed by atoms with Crippen molar-refractivity contribution in [3.8, 4) is 0 Å². The molecule has 0 aliphatic rings. The molecule has 0 unspecified atom stereocenters. The number of rotatable bonds is 0. The first kappa shape index (κ1) is 7.38. The number of furan rings is 1. The lowest BCUT2D eigenvalue weighted by Crippen LogP contribution is -1.96. The first-order valence-corrected chi connectivity index (χ1v) is 4.35. The van der Waals surface area contributed by atoms with Crippen LogP contribution in [0.1, 0.15) is 0 Å². The number of pyridine rings is 1. The first-order valence-electron chi connectivity index (χ1n) is 4.35. The molecule has 0 aliphatic carbocycles. The van der Waals surface area contributed by atoms with Crippen molar-refractivity contribution in [2.75, 3.05) is 0 Å². The minimum atomic E-state index is -0.0105. The van der Waals surface area contributed by atoms with Gasteiger partial charge < -0.3 is 9.40 Å². The summed E-state index contributed by atoms with van der Waals surface area (Å²) in [5, 5.41) is 0.628. The van der Waals surface area contributed by atoms with Crippen LogP contribution in [0, 0.1) is 0 Å². The molecule has 0 spiro atoms. The van der Waals surface area contributed by atoms with E-state index in [9.17, 15) is 4.79 Å². The molecule has 0 radical (unpaired) electrons. The number of aromatic amines is 1. The molecule has 68 valence electrons. The fraction of sp³-hybridized carbons (Fsp3) is 0. The van der Waals surface area contributed by atoms with Crippen LogP contribution in [0.4, 0.5) is 0 Å². The zero-order valence-electron chi connectivity index (χ0n) is 7.28. The van der Waals surface area contributed by atoms with Gasteiger partial charge in [0.2, 0.25) is 0 Å². The molecule has 3 rings (SSSR count). The maximum absolute atomic E-state index is 11.6. The van der Waals surface area contributed by atoms with Crippen molar-refractivity contribution in [3.05, 3.63) is 46.8 Å². The van der Waals surface area contributed by atoms with Crippen LogP contribution in [0.3, 0.4) is 0 Å². The van der Waals surface area contributed by atoms with E-state index in [0.29, 0.717) is 16.6 Å². The number of benzene rings is 1. The van der Waals surface area contributed by atoms with Gasteiger partial charge in [-0.2, -0.15) is 0 Å². The van der Waals surface area contributed by atoms with Crippen molar-refractivity contribution in [2.45, 2.75) is 0 Å². The second-order valence-corrected chi connectivity index (χ2v) is 3.14. The lowest BCUT2D eigenvalue weighted by molar-refractivity contribution is 0.668. The minimum Gasteiger partial charge on any atom is -0.454 e. The molecule has 3 heteroatoms. The van der Waals surface area contributed by atoms with Gasteiger partial charge >= 0.3 is 0 Å². The predicted molar refractivity (Wildman–Crippen MR) is 54.3 cm³/mol. The van der Waals surface area contributed by atoms with Gasteiger partial charge in [-0.3, -0.25) is 4.79 Å². The van der Waals surface area contributed by atoms with Gasteiger partial charge in [-0.15, -0.1) is 0 Å². The molecular formula is C11H7NO2. The fourth-order valence-corrected chi connectivity index (χ4v) is 1.66. The molecule has 0 aliphatic heterocycles. The quantitative estimate of drug-likeness (QED) is 0.584. The second kappa shape index (κ2) is 2.48. The highest BCUT2D eigenvalue weighted by atomic mass is 16.3. The monoisotopic (exact) mass is 185 g/mol. The molecule has 0 amide bonds. The predicted octanol–water partition coefficient (Wildman–Crippen LogP) is 2.27. The van der Waals surface area contributed by atoms with Gasteiger partial charge in [-0.25, -0.2) is 0 Å². The summed E-state index contributed by atoms with van der Waals surface area (Å²) in [7, 11) is 0. The lowest BCUT2D eigenvalue weighted by atomic mass is 10.2. The molecule has 3 aromatic rings. The summed E-state index contributed by atoms with van der Waals surface area (Å²) in [4.78, 5) is 14.6. The maximum atomic E-state index is 11.6. The molecular weight excluding hydrogens is 178 g/mol. The summed E-state index contributed by atoms with van der Waals surface area (Å²) in [6.45, 7) is 0. The Kier molecular flexibility index (Phi) is 1.31. The third kappa shape index (κ3) is 0.836. The van der Waals surface area contributed by atoms with Gasteiger partial charge in [0.1, 0.15) is 5.58 Å². The molecule has 0 fully saturated rings. The fourth-order valence-electron chi connectivity index (χ4n) is 1.66. The largest absolute Gasteiger partial charge is 0.454 e. The van der Waals surface area contributed by atoms with Crippen LogP contribution in [0.15, 0.2) is 45.7 Å². The van der Waals surface area contributed by atoms with Gasteiger partial charge in [0.25, 0.3) is 0 Å². The van der Waals surface area contributed by atoms with Crippen molar-refractivity contribution in [1.29, 1.82) is 0 Å². The number of H-pyrrole nitrogens is 1. The van der Waals surface area contributed by atoms with Gasteiger partial charge in [0, 0.05) is 6.20 Å². The van der Waals surface area contributed by atoms with Crippen LogP contribution in [0.2, 0.25) is 0 Å². The van der Waals surface area contributed by atoms with Crippen molar-refractivity contribution in [1.82, 2.24) is 4.98 Å². The molecule has 1 N–H and O–H groups in total. The van der Waals surface area contributed by atoms with E-state index in [1.807, 2.05) is 12.1 Å². The smallest absolute Gasteiger partial charge is 0.191 e. The molecule has 0 saturated heterocycles. The molecule has 3 nitrogen and oxygen atoms in total. The molecule has 2 heterocycles. The summed E-state index contributed by atoms with van der Waals surface area (Å²) in [6.07, 6.45) is 1.78. The zero-order chi connectivity index (χ0) is 9.54. The van der Waals surface area contributed by atoms with Crippen LogP contribution in [-0.4, -0.2) is 4.98 Å². The van der Waals surface area contributed by atoms with Crippen molar-refractivity contribution in [3.63, 3.8) is 0 Å². The minimum absolute atomic E-state index is 0.0105. The van der Waals surface area contributed by atoms with E-state index in [1.54, 1.807) is 18.3 Å². The normalized spacial score (nSPS) is 11.1. The van der Waals surface area contributed by atoms with E-state index in [1.165, 1.54) is 6.07 Å². The summed E-state index contributed by atoms with van der Waals surface area (Å²) >= 11 is 0. The molecule has 14 heavy (non-hydrogen) atoms. The van der Waals surface area contributed by atoms with Gasteiger partial charge in [0.15, 0.2) is 11.0 Å². The molecule has 2 aromatic heterocycles. The molecule has 0 bridgehead atoms. The number of hydrogen-bond acceptors (Lipinski definition) is 2. The van der Waals surface area contributed by atoms with E-state index in [2.05, 4.69) is 4.98 Å². The summed E-state index contributed by atoms with van der Waals surface area (Å²) < 4.78 is 5.50. The highest BCUT2D eigenvalue weighted by Crippen LogP contribution is 2.23. The Morgan fingerprint density at radius 3 is 2.86 bits per heavy atom. The Morgan fingerprint density at radius 2 is 1.93 bits per heavy atom. The maximum Gasteiger partial charge on any atom is 0.191 e. The Labute approximate surface area is 79.0 Å². The van der Waals surface area contributed by atoms with E-state index in [0.717, 1.165) is 5.52 Å². The standard InChI is InChI=1S/C11H7NO2/c13-7-3-1-4-8-10(7)11-9(14-8)5-2-6-12-11/h1-6,12H. The van der Waals surface area contributed by atoms with Gasteiger partial charge in [-0.05, 0) is 24.3 Å². The van der Waals surface area contributed by atoms with Crippen molar-refractivity contribution >= 4 is 22.1 Å². The average Bonchev–Trinajstić information content (AvgIpc) is 2.57. The lowest BCUT2D eigenvalue weighted by Gasteiger charge is -1.86. The third-order valence-electron chi connectivity index (χ3n) is 2.28. The SMILES string of the molecule is O=c1cccc2oc3ccc[nH]c3c12. The summed E-state index contributed by atoms with van der Waals surface area (Å²) in [5.41, 5.74) is 2.11. The molecule has 0 atom stereocenters. The van der Waals surface area contributed by atoms with Crippen LogP contribution in [0.25, 0.3) is 22.1 Å². The van der Waals surface area contributed by atoms with Crippen molar-refractivity contribution < 1.29 is 4.42 Å². The van der Waals surface area contributed by atoms with E-state index in [4.69, 9.17) is 4.42 Å².